The molecule has 2 saturated carbocycles. The van der Waals surface area contributed by atoms with Crippen LogP contribution in [0.15, 0.2) is 0 Å². The molecular formula is C12H20O2. The first-order valence-electron chi connectivity index (χ1n) is 5.91. The second kappa shape index (κ2) is 2.73. The highest BCUT2D eigenvalue weighted by molar-refractivity contribution is 5.00. The van der Waals surface area contributed by atoms with E-state index in [1.165, 1.54) is 12.8 Å². The first-order valence-corrected chi connectivity index (χ1v) is 5.91. The van der Waals surface area contributed by atoms with Gasteiger partial charge in [0.1, 0.15) is 0 Å². The Hall–Kier alpha value is -0.0800. The van der Waals surface area contributed by atoms with Gasteiger partial charge in [-0.1, -0.05) is 13.8 Å². The van der Waals surface area contributed by atoms with Gasteiger partial charge in [-0.3, -0.25) is 0 Å². The van der Waals surface area contributed by atoms with Gasteiger partial charge in [0.25, 0.3) is 0 Å². The van der Waals surface area contributed by atoms with Crippen molar-refractivity contribution in [1.82, 2.24) is 0 Å². The summed E-state index contributed by atoms with van der Waals surface area (Å²) < 4.78 is 11.9. The van der Waals surface area contributed by atoms with Gasteiger partial charge in [0.05, 0.1) is 13.2 Å². The van der Waals surface area contributed by atoms with Crippen LogP contribution in [0.25, 0.3) is 0 Å². The summed E-state index contributed by atoms with van der Waals surface area (Å²) in [5.41, 5.74) is 0.453. The fourth-order valence-electron chi connectivity index (χ4n) is 2.56. The molecule has 2 spiro atoms. The maximum atomic E-state index is 5.94. The highest BCUT2D eigenvalue weighted by Crippen LogP contribution is 2.55. The normalized spacial score (nSPS) is 33.6. The van der Waals surface area contributed by atoms with E-state index in [0.29, 0.717) is 5.41 Å². The Morgan fingerprint density at radius 3 is 2.07 bits per heavy atom. The zero-order chi connectivity index (χ0) is 9.81. The average molecular weight is 196 g/mol. The van der Waals surface area contributed by atoms with Crippen molar-refractivity contribution >= 4 is 0 Å². The predicted molar refractivity (Wildman–Crippen MR) is 53.9 cm³/mol. The minimum absolute atomic E-state index is 0.150. The van der Waals surface area contributed by atoms with Crippen molar-refractivity contribution < 1.29 is 9.47 Å². The van der Waals surface area contributed by atoms with Crippen LogP contribution >= 0.6 is 0 Å². The molecule has 2 nitrogen and oxygen atoms in total. The fraction of sp³-hybridized carbons (Fsp3) is 1.00. The van der Waals surface area contributed by atoms with E-state index in [-0.39, 0.29) is 5.79 Å². The summed E-state index contributed by atoms with van der Waals surface area (Å²) in [6.07, 6.45) is 4.88. The van der Waals surface area contributed by atoms with E-state index in [4.69, 9.17) is 9.47 Å². The quantitative estimate of drug-likeness (QED) is 0.641. The van der Waals surface area contributed by atoms with E-state index in [1.54, 1.807) is 0 Å². The Morgan fingerprint density at radius 1 is 1.07 bits per heavy atom. The van der Waals surface area contributed by atoms with Gasteiger partial charge in [0.2, 0.25) is 0 Å². The van der Waals surface area contributed by atoms with Gasteiger partial charge in [0, 0.05) is 18.3 Å². The first kappa shape index (κ1) is 9.17. The molecule has 0 radical (unpaired) electrons. The molecular weight excluding hydrogens is 176 g/mol. The number of ether oxygens (including phenoxy) is 2. The molecule has 0 aromatic carbocycles. The van der Waals surface area contributed by atoms with Crippen LogP contribution in [0, 0.1) is 17.3 Å². The summed E-state index contributed by atoms with van der Waals surface area (Å²) in [4.78, 5) is 0. The molecule has 0 amide bonds. The monoisotopic (exact) mass is 196 g/mol. The smallest absolute Gasteiger partial charge is 0.168 e. The third-order valence-corrected chi connectivity index (χ3v) is 4.33. The summed E-state index contributed by atoms with van der Waals surface area (Å²) in [6, 6.07) is 0. The summed E-state index contributed by atoms with van der Waals surface area (Å²) in [5, 5.41) is 0. The van der Waals surface area contributed by atoms with Gasteiger partial charge in [-0.15, -0.1) is 0 Å². The molecule has 1 heterocycles. The molecule has 0 atom stereocenters. The average Bonchev–Trinajstić information content (AvgIpc) is 2.83. The van der Waals surface area contributed by atoms with Crippen molar-refractivity contribution in [3.63, 3.8) is 0 Å². The summed E-state index contributed by atoms with van der Waals surface area (Å²) in [5.74, 6) is 1.45. The van der Waals surface area contributed by atoms with E-state index < -0.39 is 0 Å². The number of rotatable bonds is 1. The Kier molecular flexibility index (Phi) is 1.79. The third kappa shape index (κ3) is 1.31. The maximum absolute atomic E-state index is 5.94. The minimum Gasteiger partial charge on any atom is -0.349 e. The van der Waals surface area contributed by atoms with Crippen LogP contribution in [0.3, 0.4) is 0 Å². The topological polar surface area (TPSA) is 18.5 Å². The lowest BCUT2D eigenvalue weighted by Crippen LogP contribution is -2.54. The molecule has 0 bridgehead atoms. The largest absolute Gasteiger partial charge is 0.349 e. The highest BCUT2D eigenvalue weighted by Gasteiger charge is 2.56. The van der Waals surface area contributed by atoms with Gasteiger partial charge in [-0.25, -0.2) is 0 Å². The SMILES string of the molecule is CC(C)C1CC2(C1)OCC1(CC1)CO2. The predicted octanol–water partition coefficient (Wildman–Crippen LogP) is 2.58. The van der Waals surface area contributed by atoms with E-state index in [0.717, 1.165) is 37.9 Å². The van der Waals surface area contributed by atoms with E-state index in [1.807, 2.05) is 0 Å². The molecule has 2 heteroatoms. The second-order valence-electron chi connectivity index (χ2n) is 5.90. The summed E-state index contributed by atoms with van der Waals surface area (Å²) >= 11 is 0. The van der Waals surface area contributed by atoms with Crippen LogP contribution in [0.1, 0.15) is 39.5 Å². The molecule has 0 aromatic heterocycles. The van der Waals surface area contributed by atoms with Crippen LogP contribution in [0.4, 0.5) is 0 Å². The van der Waals surface area contributed by atoms with Crippen molar-refractivity contribution in [1.29, 1.82) is 0 Å². The number of hydrogen-bond donors (Lipinski definition) is 0. The van der Waals surface area contributed by atoms with Crippen molar-refractivity contribution in [2.45, 2.75) is 45.3 Å². The van der Waals surface area contributed by atoms with Crippen molar-refractivity contribution in [2.75, 3.05) is 13.2 Å². The van der Waals surface area contributed by atoms with Crippen LogP contribution in [-0.2, 0) is 9.47 Å². The fourth-order valence-corrected chi connectivity index (χ4v) is 2.56. The maximum Gasteiger partial charge on any atom is 0.168 e. The molecule has 3 rings (SSSR count). The van der Waals surface area contributed by atoms with Crippen LogP contribution in [0.2, 0.25) is 0 Å². The van der Waals surface area contributed by atoms with Gasteiger partial charge in [0.15, 0.2) is 5.79 Å². The van der Waals surface area contributed by atoms with E-state index in [9.17, 15) is 0 Å². The Bertz CT molecular complexity index is 217. The Balaban J connectivity index is 1.56. The van der Waals surface area contributed by atoms with E-state index >= 15 is 0 Å². The lowest BCUT2D eigenvalue weighted by molar-refractivity contribution is -0.339. The highest BCUT2D eigenvalue weighted by atomic mass is 16.7. The molecule has 3 aliphatic rings. The van der Waals surface area contributed by atoms with Crippen LogP contribution in [0.5, 0.6) is 0 Å². The molecule has 2 aliphatic carbocycles. The lowest BCUT2D eigenvalue weighted by atomic mass is 9.72. The molecule has 1 aliphatic heterocycles. The van der Waals surface area contributed by atoms with Crippen molar-refractivity contribution in [2.24, 2.45) is 17.3 Å². The molecule has 0 unspecified atom stereocenters. The minimum atomic E-state index is -0.150. The Labute approximate surface area is 86.0 Å². The van der Waals surface area contributed by atoms with Gasteiger partial charge in [-0.2, -0.15) is 0 Å². The molecule has 3 fully saturated rings. The Morgan fingerprint density at radius 2 is 1.64 bits per heavy atom. The summed E-state index contributed by atoms with van der Waals surface area (Å²) in [6.45, 7) is 6.50. The second-order valence-corrected chi connectivity index (χ2v) is 5.90. The zero-order valence-electron chi connectivity index (χ0n) is 9.21. The van der Waals surface area contributed by atoms with Crippen molar-refractivity contribution in [3.05, 3.63) is 0 Å². The van der Waals surface area contributed by atoms with Crippen LogP contribution in [-0.4, -0.2) is 19.0 Å². The van der Waals surface area contributed by atoms with Crippen LogP contribution < -0.4 is 0 Å². The third-order valence-electron chi connectivity index (χ3n) is 4.33. The molecule has 80 valence electrons. The zero-order valence-corrected chi connectivity index (χ0v) is 9.21. The van der Waals surface area contributed by atoms with E-state index in [2.05, 4.69) is 13.8 Å². The van der Waals surface area contributed by atoms with Gasteiger partial charge < -0.3 is 9.47 Å². The van der Waals surface area contributed by atoms with Gasteiger partial charge >= 0.3 is 0 Å². The standard InChI is InChI=1S/C12H20O2/c1-9(2)10-5-12(6-10)13-7-11(3-4-11)8-14-12/h9-10H,3-8H2,1-2H3. The van der Waals surface area contributed by atoms with Crippen molar-refractivity contribution in [3.8, 4) is 0 Å². The molecule has 14 heavy (non-hydrogen) atoms. The first-order chi connectivity index (χ1) is 6.63. The van der Waals surface area contributed by atoms with Gasteiger partial charge in [-0.05, 0) is 24.7 Å². The molecule has 0 N–H and O–H groups in total. The molecule has 1 saturated heterocycles. The lowest BCUT2D eigenvalue weighted by Gasteiger charge is -2.51. The number of hydrogen-bond acceptors (Lipinski definition) is 2. The molecule has 0 aromatic rings. The summed E-state index contributed by atoms with van der Waals surface area (Å²) in [7, 11) is 0.